The van der Waals surface area contributed by atoms with E-state index >= 15 is 0 Å². The molecule has 0 radical (unpaired) electrons. The topological polar surface area (TPSA) is 63.2 Å². The lowest BCUT2D eigenvalue weighted by Crippen LogP contribution is -2.39. The van der Waals surface area contributed by atoms with Gasteiger partial charge in [0.2, 0.25) is 5.91 Å². The van der Waals surface area contributed by atoms with Crippen LogP contribution < -0.4 is 10.6 Å². The molecule has 1 aromatic rings. The van der Waals surface area contributed by atoms with Crippen LogP contribution in [0.5, 0.6) is 0 Å². The maximum atomic E-state index is 12.0. The number of nitrogens with one attached hydrogen (secondary N) is 2. The van der Waals surface area contributed by atoms with Gasteiger partial charge in [0.15, 0.2) is 0 Å². The summed E-state index contributed by atoms with van der Waals surface area (Å²) in [6, 6.07) is 3.81. The lowest BCUT2D eigenvalue weighted by Gasteiger charge is -2.16. The Hall–Kier alpha value is -1.46. The number of rotatable bonds is 3. The summed E-state index contributed by atoms with van der Waals surface area (Å²) in [4.78, 5) is 16.1. The van der Waals surface area contributed by atoms with E-state index in [-0.39, 0.29) is 17.9 Å². The van der Waals surface area contributed by atoms with E-state index < -0.39 is 0 Å². The molecule has 1 saturated heterocycles. The van der Waals surface area contributed by atoms with E-state index in [9.17, 15) is 4.79 Å². The van der Waals surface area contributed by atoms with Crippen LogP contribution in [0.1, 0.15) is 5.69 Å². The van der Waals surface area contributed by atoms with Crippen LogP contribution in [0.3, 0.4) is 0 Å². The molecule has 0 saturated carbocycles. The molecule has 0 aliphatic carbocycles. The van der Waals surface area contributed by atoms with Crippen LogP contribution in [0, 0.1) is 12.8 Å². The molecule has 2 unspecified atom stereocenters. The van der Waals surface area contributed by atoms with E-state index in [4.69, 9.17) is 4.74 Å². The van der Waals surface area contributed by atoms with Crippen molar-refractivity contribution in [1.82, 2.24) is 10.3 Å². The van der Waals surface area contributed by atoms with Gasteiger partial charge in [-0.1, -0.05) is 0 Å². The Kier molecular flexibility index (Phi) is 3.71. The molecule has 2 atom stereocenters. The zero-order chi connectivity index (χ0) is 12.3. The fourth-order valence-electron chi connectivity index (χ4n) is 1.87. The van der Waals surface area contributed by atoms with Crippen molar-refractivity contribution in [3.63, 3.8) is 0 Å². The van der Waals surface area contributed by atoms with E-state index in [0.29, 0.717) is 13.2 Å². The number of aromatic nitrogens is 1. The van der Waals surface area contributed by atoms with E-state index in [1.165, 1.54) is 0 Å². The average Bonchev–Trinajstić information content (AvgIpc) is 2.80. The summed E-state index contributed by atoms with van der Waals surface area (Å²) < 4.78 is 5.30. The first-order chi connectivity index (χ1) is 8.20. The van der Waals surface area contributed by atoms with Gasteiger partial charge >= 0.3 is 0 Å². The van der Waals surface area contributed by atoms with Crippen LogP contribution in [0.25, 0.3) is 0 Å². The Morgan fingerprint density at radius 1 is 1.47 bits per heavy atom. The Morgan fingerprint density at radius 3 is 2.94 bits per heavy atom. The summed E-state index contributed by atoms with van der Waals surface area (Å²) in [5.41, 5.74) is 1.66. The summed E-state index contributed by atoms with van der Waals surface area (Å²) in [6.45, 7) is 2.96. The van der Waals surface area contributed by atoms with Gasteiger partial charge in [-0.3, -0.25) is 9.78 Å². The predicted molar refractivity (Wildman–Crippen MR) is 64.8 cm³/mol. The zero-order valence-electron chi connectivity index (χ0n) is 10.1. The van der Waals surface area contributed by atoms with Crippen molar-refractivity contribution in [3.8, 4) is 0 Å². The lowest BCUT2D eigenvalue weighted by atomic mass is 10.0. The number of carbonyl (C=O) groups is 1. The van der Waals surface area contributed by atoms with Crippen LogP contribution in [0.4, 0.5) is 5.69 Å². The minimum Gasteiger partial charge on any atom is -0.379 e. The number of ether oxygens (including phenoxy) is 1. The fraction of sp³-hybridized carbons (Fsp3) is 0.500. The van der Waals surface area contributed by atoms with Crippen molar-refractivity contribution < 1.29 is 9.53 Å². The van der Waals surface area contributed by atoms with Gasteiger partial charge in [0.1, 0.15) is 0 Å². The number of anilines is 1. The first-order valence-corrected chi connectivity index (χ1v) is 5.69. The number of hydrogen-bond donors (Lipinski definition) is 2. The van der Waals surface area contributed by atoms with Crippen molar-refractivity contribution in [2.45, 2.75) is 13.0 Å². The van der Waals surface area contributed by atoms with E-state index in [1.54, 1.807) is 6.20 Å². The van der Waals surface area contributed by atoms with Crippen molar-refractivity contribution in [1.29, 1.82) is 0 Å². The van der Waals surface area contributed by atoms with Gasteiger partial charge in [-0.2, -0.15) is 0 Å². The molecule has 0 aromatic carbocycles. The van der Waals surface area contributed by atoms with Crippen molar-refractivity contribution in [2.24, 2.45) is 5.92 Å². The van der Waals surface area contributed by atoms with Crippen LogP contribution >= 0.6 is 0 Å². The molecule has 0 spiro atoms. The SMILES string of the molecule is CNC1COCC1C(=O)Nc1ccc(C)nc1. The Bertz CT molecular complexity index is 391. The molecular formula is C12H17N3O2. The molecule has 2 N–H and O–H groups in total. The van der Waals surface area contributed by atoms with E-state index in [1.807, 2.05) is 26.1 Å². The zero-order valence-corrected chi connectivity index (χ0v) is 10.1. The summed E-state index contributed by atoms with van der Waals surface area (Å²) >= 11 is 0. The number of hydrogen-bond acceptors (Lipinski definition) is 4. The van der Waals surface area contributed by atoms with Gasteiger partial charge in [0, 0.05) is 11.7 Å². The molecule has 0 bridgehead atoms. The molecule has 5 heteroatoms. The standard InChI is InChI=1S/C12H17N3O2/c1-8-3-4-9(5-14-8)15-12(16)10-6-17-7-11(10)13-2/h3-5,10-11,13H,6-7H2,1-2H3,(H,15,16). The summed E-state index contributed by atoms with van der Waals surface area (Å²) in [5, 5.41) is 5.94. The van der Waals surface area contributed by atoms with Crippen molar-refractivity contribution in [2.75, 3.05) is 25.6 Å². The van der Waals surface area contributed by atoms with Crippen molar-refractivity contribution in [3.05, 3.63) is 24.0 Å². The number of aryl methyl sites for hydroxylation is 1. The fourth-order valence-corrected chi connectivity index (χ4v) is 1.87. The second kappa shape index (κ2) is 5.25. The Balaban J connectivity index is 1.99. The minimum absolute atomic E-state index is 0.0208. The molecule has 1 aromatic heterocycles. The Morgan fingerprint density at radius 2 is 2.29 bits per heavy atom. The highest BCUT2D eigenvalue weighted by molar-refractivity contribution is 5.93. The molecule has 5 nitrogen and oxygen atoms in total. The third-order valence-corrected chi connectivity index (χ3v) is 2.97. The maximum Gasteiger partial charge on any atom is 0.231 e. The highest BCUT2D eigenvalue weighted by Crippen LogP contribution is 2.16. The first kappa shape index (κ1) is 12.0. The third kappa shape index (κ3) is 2.81. The molecule has 1 aliphatic rings. The number of amides is 1. The quantitative estimate of drug-likeness (QED) is 0.803. The smallest absolute Gasteiger partial charge is 0.231 e. The number of carbonyl (C=O) groups excluding carboxylic acids is 1. The van der Waals surface area contributed by atoms with Crippen LogP contribution in [0.2, 0.25) is 0 Å². The summed E-state index contributed by atoms with van der Waals surface area (Å²) in [6.07, 6.45) is 1.66. The number of likely N-dealkylation sites (N-methyl/N-ethyl adjacent to an activating group) is 1. The first-order valence-electron chi connectivity index (χ1n) is 5.69. The molecule has 17 heavy (non-hydrogen) atoms. The number of nitrogens with zero attached hydrogens (tertiary/aromatic N) is 1. The van der Waals surface area contributed by atoms with Gasteiger partial charge in [0.05, 0.1) is 31.0 Å². The highest BCUT2D eigenvalue weighted by Gasteiger charge is 2.32. The summed E-state index contributed by atoms with van der Waals surface area (Å²) in [5.74, 6) is -0.159. The van der Waals surface area contributed by atoms with Crippen molar-refractivity contribution >= 4 is 11.6 Å². The van der Waals surface area contributed by atoms with E-state index in [0.717, 1.165) is 11.4 Å². The monoisotopic (exact) mass is 235 g/mol. The molecule has 2 rings (SSSR count). The van der Waals surface area contributed by atoms with Gasteiger partial charge in [-0.15, -0.1) is 0 Å². The van der Waals surface area contributed by atoms with Crippen LogP contribution in [-0.2, 0) is 9.53 Å². The van der Waals surface area contributed by atoms with Gasteiger partial charge in [-0.05, 0) is 26.1 Å². The molecule has 1 fully saturated rings. The predicted octanol–water partition coefficient (Wildman–Crippen LogP) is 0.563. The van der Waals surface area contributed by atoms with E-state index in [2.05, 4.69) is 15.6 Å². The molecule has 1 amide bonds. The third-order valence-electron chi connectivity index (χ3n) is 2.97. The highest BCUT2D eigenvalue weighted by atomic mass is 16.5. The van der Waals surface area contributed by atoms with Gasteiger partial charge in [-0.25, -0.2) is 0 Å². The minimum atomic E-state index is -0.138. The largest absolute Gasteiger partial charge is 0.379 e. The van der Waals surface area contributed by atoms with Crippen LogP contribution in [-0.4, -0.2) is 37.2 Å². The lowest BCUT2D eigenvalue weighted by molar-refractivity contribution is -0.120. The molecule has 1 aliphatic heterocycles. The second-order valence-electron chi connectivity index (χ2n) is 4.22. The average molecular weight is 235 g/mol. The molecule has 92 valence electrons. The molecular weight excluding hydrogens is 218 g/mol. The number of pyridine rings is 1. The summed E-state index contributed by atoms with van der Waals surface area (Å²) in [7, 11) is 1.84. The Labute approximate surface area is 101 Å². The second-order valence-corrected chi connectivity index (χ2v) is 4.22. The van der Waals surface area contributed by atoms with Crippen LogP contribution in [0.15, 0.2) is 18.3 Å². The maximum absolute atomic E-state index is 12.0. The van der Waals surface area contributed by atoms with Gasteiger partial charge < -0.3 is 15.4 Å². The van der Waals surface area contributed by atoms with Gasteiger partial charge in [0.25, 0.3) is 0 Å². The normalized spacial score (nSPS) is 23.6. The molecule has 2 heterocycles.